The maximum Gasteiger partial charge on any atom is 0.344 e. The third-order valence-corrected chi connectivity index (χ3v) is 8.39. The van der Waals surface area contributed by atoms with Gasteiger partial charge in [-0.1, -0.05) is 34.4 Å². The molecule has 2 aromatic carbocycles. The second-order valence-corrected chi connectivity index (χ2v) is 11.1. The number of rotatable bonds is 6. The Morgan fingerprint density at radius 2 is 1.73 bits per heavy atom. The summed E-state index contributed by atoms with van der Waals surface area (Å²) in [7, 11) is 0. The van der Waals surface area contributed by atoms with E-state index in [9.17, 15) is 14.7 Å². The molecule has 3 aromatic rings. The maximum absolute atomic E-state index is 13.6. The van der Waals surface area contributed by atoms with Gasteiger partial charge in [-0.3, -0.25) is 0 Å². The van der Waals surface area contributed by atoms with Crippen LogP contribution in [-0.4, -0.2) is 40.4 Å². The zero-order chi connectivity index (χ0) is 25.8. The second-order valence-electron chi connectivity index (χ2n) is 10.2. The minimum absolute atomic E-state index is 0.153. The molecule has 3 atom stereocenters. The Hall–Kier alpha value is -3.03. The Labute approximate surface area is 224 Å². The highest BCUT2D eigenvalue weighted by Gasteiger charge is 2.44. The minimum atomic E-state index is -0.931. The van der Waals surface area contributed by atoms with Gasteiger partial charge in [-0.05, 0) is 68.5 Å². The van der Waals surface area contributed by atoms with Crippen molar-refractivity contribution in [3.63, 3.8) is 0 Å². The molecule has 1 aromatic heterocycles. The van der Waals surface area contributed by atoms with Crippen LogP contribution in [0.2, 0.25) is 10.0 Å². The van der Waals surface area contributed by atoms with E-state index in [-0.39, 0.29) is 29.7 Å². The predicted octanol–water partition coefficient (Wildman–Crippen LogP) is 6.89. The van der Waals surface area contributed by atoms with Crippen LogP contribution in [0.1, 0.15) is 76.5 Å². The number of carboxylic acids is 1. The number of hydrogen-bond donors (Lipinski definition) is 1. The van der Waals surface area contributed by atoms with Gasteiger partial charge in [-0.2, -0.15) is 0 Å². The number of nitrogens with zero attached hydrogens (tertiary/aromatic N) is 2. The van der Waals surface area contributed by atoms with E-state index in [0.29, 0.717) is 45.5 Å². The van der Waals surface area contributed by atoms with E-state index in [1.165, 1.54) is 0 Å². The lowest BCUT2D eigenvalue weighted by Gasteiger charge is -2.41. The normalized spacial score (nSPS) is 22.8. The van der Waals surface area contributed by atoms with Crippen molar-refractivity contribution in [2.75, 3.05) is 4.90 Å². The van der Waals surface area contributed by atoms with Crippen molar-refractivity contribution < 1.29 is 24.0 Å². The molecule has 37 heavy (non-hydrogen) atoms. The summed E-state index contributed by atoms with van der Waals surface area (Å²) in [6.45, 7) is 1.94. The van der Waals surface area contributed by atoms with Crippen LogP contribution in [0.15, 0.2) is 40.9 Å². The van der Waals surface area contributed by atoms with Crippen LogP contribution < -0.4 is 4.90 Å². The van der Waals surface area contributed by atoms with Crippen LogP contribution in [0.3, 0.4) is 0 Å². The third kappa shape index (κ3) is 4.38. The molecule has 3 heterocycles. The van der Waals surface area contributed by atoms with Gasteiger partial charge in [-0.15, -0.1) is 0 Å². The van der Waals surface area contributed by atoms with Gasteiger partial charge < -0.3 is 19.3 Å². The molecule has 2 aliphatic heterocycles. The fourth-order valence-corrected chi connectivity index (χ4v) is 6.50. The van der Waals surface area contributed by atoms with E-state index in [2.05, 4.69) is 10.1 Å². The first-order valence-electron chi connectivity index (χ1n) is 12.6. The molecule has 3 aliphatic rings. The van der Waals surface area contributed by atoms with Crippen LogP contribution >= 0.6 is 23.2 Å². The van der Waals surface area contributed by atoms with Gasteiger partial charge in [0.2, 0.25) is 0 Å². The van der Waals surface area contributed by atoms with Crippen LogP contribution in [0.4, 0.5) is 5.69 Å². The molecule has 1 aliphatic carbocycles. The van der Waals surface area contributed by atoms with Crippen molar-refractivity contribution in [2.45, 2.75) is 69.6 Å². The Bertz CT molecular complexity index is 1360. The first-order chi connectivity index (χ1) is 17.8. The van der Waals surface area contributed by atoms with Crippen LogP contribution in [-0.2, 0) is 4.74 Å². The smallest absolute Gasteiger partial charge is 0.344 e. The summed E-state index contributed by atoms with van der Waals surface area (Å²) >= 11 is 12.9. The second kappa shape index (κ2) is 9.37. The van der Waals surface area contributed by atoms with Gasteiger partial charge in [0.1, 0.15) is 17.4 Å². The zero-order valence-electron chi connectivity index (χ0n) is 20.2. The number of fused-ring (bicyclic) bond motifs is 2. The van der Waals surface area contributed by atoms with Gasteiger partial charge in [0.25, 0.3) is 0 Å². The van der Waals surface area contributed by atoms with Crippen LogP contribution in [0.5, 0.6) is 0 Å². The number of carbonyl (C=O) groups excluding carboxylic acids is 1. The summed E-state index contributed by atoms with van der Waals surface area (Å²) in [6, 6.07) is 10.9. The number of esters is 1. The molecule has 1 saturated carbocycles. The van der Waals surface area contributed by atoms with Crippen LogP contribution in [0.25, 0.3) is 11.3 Å². The lowest BCUT2D eigenvalue weighted by Crippen LogP contribution is -2.46. The van der Waals surface area contributed by atoms with Crippen molar-refractivity contribution >= 4 is 40.8 Å². The molecular weight excluding hydrogens is 515 g/mol. The van der Waals surface area contributed by atoms with E-state index < -0.39 is 11.9 Å². The SMILES string of the molecule is Cc1cc(C(=O)O)ccc1N1[C@@H]2CC[C@H]1C[C@@H](OC(=O)c1c(-c3c(Cl)cccc3Cl)noc1C1CC1)C2. The highest BCUT2D eigenvalue weighted by molar-refractivity contribution is 6.39. The number of aromatic nitrogens is 1. The van der Waals surface area contributed by atoms with Gasteiger partial charge in [0.05, 0.1) is 15.6 Å². The fourth-order valence-electron chi connectivity index (χ4n) is 5.92. The summed E-state index contributed by atoms with van der Waals surface area (Å²) in [6.07, 6.45) is 5.04. The highest BCUT2D eigenvalue weighted by Crippen LogP contribution is 2.47. The standard InChI is InChI=1S/C28H26Cl2N2O5/c1-14-11-16(27(33)34)7-10-22(14)32-17-8-9-18(32)13-19(12-17)36-28(35)24-25(31-37-26(24)15-5-6-15)23-20(29)3-2-4-21(23)30/h2-4,7,10-11,15,17-19H,5-6,8-9,12-13H2,1H3,(H,33,34)/t17-,18+,19+. The molecular formula is C28H26Cl2N2O5. The summed E-state index contributed by atoms with van der Waals surface area (Å²) in [5.74, 6) is -0.681. The van der Waals surface area contributed by atoms with Gasteiger partial charge in [-0.25, -0.2) is 9.59 Å². The quantitative estimate of drug-likeness (QED) is 0.340. The lowest BCUT2D eigenvalue weighted by molar-refractivity contribution is 0.0202. The summed E-state index contributed by atoms with van der Waals surface area (Å²) < 4.78 is 11.8. The number of carboxylic acid groups (broad SMARTS) is 1. The number of aromatic carboxylic acids is 1. The molecule has 0 radical (unpaired) electrons. The van der Waals surface area contributed by atoms with Crippen molar-refractivity contribution in [3.8, 4) is 11.3 Å². The molecule has 3 fully saturated rings. The first kappa shape index (κ1) is 24.3. The van der Waals surface area contributed by atoms with Gasteiger partial charge in [0.15, 0.2) is 5.76 Å². The third-order valence-electron chi connectivity index (χ3n) is 7.76. The predicted molar refractivity (Wildman–Crippen MR) is 140 cm³/mol. The van der Waals surface area contributed by atoms with Crippen molar-refractivity contribution in [1.29, 1.82) is 0 Å². The first-order valence-corrected chi connectivity index (χ1v) is 13.3. The zero-order valence-corrected chi connectivity index (χ0v) is 21.8. The maximum atomic E-state index is 13.6. The molecule has 0 spiro atoms. The number of piperidine rings is 1. The molecule has 0 amide bonds. The number of hydrogen-bond acceptors (Lipinski definition) is 6. The number of ether oxygens (including phenoxy) is 1. The monoisotopic (exact) mass is 540 g/mol. The Kier molecular flexibility index (Phi) is 6.16. The van der Waals surface area contributed by atoms with Crippen LogP contribution in [0, 0.1) is 6.92 Å². The molecule has 2 bridgehead atoms. The number of halogens is 2. The van der Waals surface area contributed by atoms with E-state index in [1.54, 1.807) is 30.3 Å². The van der Waals surface area contributed by atoms with E-state index in [1.807, 2.05) is 13.0 Å². The Balaban J connectivity index is 1.24. The van der Waals surface area contributed by atoms with E-state index in [4.69, 9.17) is 32.5 Å². The highest BCUT2D eigenvalue weighted by atomic mass is 35.5. The lowest BCUT2D eigenvalue weighted by atomic mass is 9.97. The van der Waals surface area contributed by atoms with Gasteiger partial charge in [0, 0.05) is 42.1 Å². The molecule has 192 valence electrons. The Morgan fingerprint density at radius 3 is 2.32 bits per heavy atom. The molecule has 2 saturated heterocycles. The molecule has 6 rings (SSSR count). The number of benzene rings is 2. The topological polar surface area (TPSA) is 92.9 Å². The van der Waals surface area contributed by atoms with Crippen molar-refractivity contribution in [1.82, 2.24) is 5.16 Å². The molecule has 0 unspecified atom stereocenters. The summed E-state index contributed by atoms with van der Waals surface area (Å²) in [5, 5.41) is 14.3. The number of anilines is 1. The molecule has 9 heteroatoms. The van der Waals surface area contributed by atoms with E-state index >= 15 is 0 Å². The van der Waals surface area contributed by atoms with E-state index in [0.717, 1.165) is 36.9 Å². The fraction of sp³-hybridized carbons (Fsp3) is 0.393. The molecule has 7 nitrogen and oxygen atoms in total. The Morgan fingerprint density at radius 1 is 1.05 bits per heavy atom. The summed E-state index contributed by atoms with van der Waals surface area (Å²) in [4.78, 5) is 27.3. The summed E-state index contributed by atoms with van der Waals surface area (Å²) in [5.41, 5.74) is 3.40. The molecule has 1 N–H and O–H groups in total. The average Bonchev–Trinajstić information content (AvgIpc) is 3.55. The minimum Gasteiger partial charge on any atom is -0.478 e. The number of aryl methyl sites for hydroxylation is 1. The van der Waals surface area contributed by atoms with Crippen molar-refractivity contribution in [2.24, 2.45) is 0 Å². The average molecular weight is 541 g/mol. The van der Waals surface area contributed by atoms with Gasteiger partial charge >= 0.3 is 11.9 Å². The number of carbonyl (C=O) groups is 2. The van der Waals surface area contributed by atoms with Crippen molar-refractivity contribution in [3.05, 3.63) is 68.9 Å². The largest absolute Gasteiger partial charge is 0.478 e.